The summed E-state index contributed by atoms with van der Waals surface area (Å²) in [6.07, 6.45) is 0. The minimum absolute atomic E-state index is 0.341. The van der Waals surface area contributed by atoms with Crippen molar-refractivity contribution in [3.63, 3.8) is 0 Å². The second kappa shape index (κ2) is 7.67. The first-order chi connectivity index (χ1) is 14.0. The van der Waals surface area contributed by atoms with Crippen molar-refractivity contribution in [3.05, 3.63) is 59.7 Å². The van der Waals surface area contributed by atoms with Gasteiger partial charge < -0.3 is 15.1 Å². The number of nitrogens with zero attached hydrogens (tertiary/aromatic N) is 3. The van der Waals surface area contributed by atoms with Crippen LogP contribution in [0.15, 0.2) is 48.5 Å². The Kier molecular flexibility index (Phi) is 5.07. The highest BCUT2D eigenvalue weighted by Gasteiger charge is 2.40. The molecule has 2 aromatic rings. The van der Waals surface area contributed by atoms with Crippen molar-refractivity contribution in [2.45, 2.75) is 13.0 Å². The molecule has 1 atom stereocenters. The Hall–Kier alpha value is -3.19. The Bertz CT molecular complexity index is 914. The molecule has 1 fully saturated rings. The van der Waals surface area contributed by atoms with Crippen LogP contribution in [0.25, 0.3) is 0 Å². The van der Waals surface area contributed by atoms with Crippen LogP contribution in [0.3, 0.4) is 0 Å². The molecule has 7 heteroatoms. The van der Waals surface area contributed by atoms with Gasteiger partial charge in [0, 0.05) is 37.6 Å². The molecule has 2 heterocycles. The molecule has 0 aliphatic carbocycles. The van der Waals surface area contributed by atoms with Crippen molar-refractivity contribution in [2.24, 2.45) is 0 Å². The van der Waals surface area contributed by atoms with Crippen LogP contribution in [0.2, 0.25) is 0 Å². The molecule has 0 saturated carbocycles. The van der Waals surface area contributed by atoms with Gasteiger partial charge in [0.2, 0.25) is 5.91 Å². The summed E-state index contributed by atoms with van der Waals surface area (Å²) in [4.78, 5) is 43.5. The molecule has 0 bridgehead atoms. The number of fused-ring (bicyclic) bond motifs is 1. The van der Waals surface area contributed by atoms with Crippen LogP contribution in [0, 0.1) is 0 Å². The fourth-order valence-corrected chi connectivity index (χ4v) is 3.74. The van der Waals surface area contributed by atoms with E-state index < -0.39 is 23.8 Å². The summed E-state index contributed by atoms with van der Waals surface area (Å²) in [5.74, 6) is -1.26. The van der Waals surface area contributed by atoms with Gasteiger partial charge in [-0.1, -0.05) is 12.1 Å². The number of likely N-dealkylation sites (N-methyl/N-ethyl adjacent to an activating group) is 1. The molecule has 1 saturated heterocycles. The van der Waals surface area contributed by atoms with E-state index in [1.54, 1.807) is 31.2 Å². The molecular formula is C22H24N4O3. The SMILES string of the molecule is CC(C(=O)Nc1ccc(N2CCN(C)CC2)cc1)N1C(=O)c2ccccc2C1=O. The Morgan fingerprint density at radius 3 is 2.00 bits per heavy atom. The maximum Gasteiger partial charge on any atom is 0.262 e. The van der Waals surface area contributed by atoms with E-state index in [0.29, 0.717) is 16.8 Å². The Morgan fingerprint density at radius 1 is 0.897 bits per heavy atom. The summed E-state index contributed by atoms with van der Waals surface area (Å²) in [5, 5.41) is 2.81. The summed E-state index contributed by atoms with van der Waals surface area (Å²) >= 11 is 0. The monoisotopic (exact) mass is 392 g/mol. The number of amides is 3. The molecule has 150 valence electrons. The lowest BCUT2D eigenvalue weighted by Gasteiger charge is -2.34. The highest BCUT2D eigenvalue weighted by molar-refractivity contribution is 6.23. The van der Waals surface area contributed by atoms with Crippen LogP contribution in [0.1, 0.15) is 27.6 Å². The van der Waals surface area contributed by atoms with Gasteiger partial charge in [-0.05, 0) is 50.4 Å². The van der Waals surface area contributed by atoms with E-state index in [1.165, 1.54) is 0 Å². The first kappa shape index (κ1) is 19.1. The normalized spacial score (nSPS) is 18.0. The van der Waals surface area contributed by atoms with Crippen LogP contribution in [-0.4, -0.2) is 66.8 Å². The molecule has 3 amide bonds. The number of anilines is 2. The first-order valence-corrected chi connectivity index (χ1v) is 9.77. The highest BCUT2D eigenvalue weighted by atomic mass is 16.2. The predicted molar refractivity (Wildman–Crippen MR) is 111 cm³/mol. The van der Waals surface area contributed by atoms with Gasteiger partial charge >= 0.3 is 0 Å². The number of carbonyl (C=O) groups is 3. The van der Waals surface area contributed by atoms with Crippen molar-refractivity contribution in [1.82, 2.24) is 9.80 Å². The first-order valence-electron chi connectivity index (χ1n) is 9.77. The van der Waals surface area contributed by atoms with Gasteiger partial charge in [0.15, 0.2) is 0 Å². The summed E-state index contributed by atoms with van der Waals surface area (Å²) in [6.45, 7) is 5.56. The Balaban J connectivity index is 1.42. The third-order valence-electron chi connectivity index (χ3n) is 5.60. The number of hydrogen-bond acceptors (Lipinski definition) is 5. The average molecular weight is 392 g/mol. The summed E-state index contributed by atoms with van der Waals surface area (Å²) in [6, 6.07) is 13.4. The third kappa shape index (κ3) is 3.61. The Morgan fingerprint density at radius 2 is 1.45 bits per heavy atom. The van der Waals surface area contributed by atoms with Gasteiger partial charge in [-0.25, -0.2) is 0 Å². The minimum Gasteiger partial charge on any atom is -0.369 e. The van der Waals surface area contributed by atoms with Crippen molar-refractivity contribution >= 4 is 29.1 Å². The quantitative estimate of drug-likeness (QED) is 0.807. The molecule has 1 unspecified atom stereocenters. The van der Waals surface area contributed by atoms with E-state index in [1.807, 2.05) is 24.3 Å². The summed E-state index contributed by atoms with van der Waals surface area (Å²) < 4.78 is 0. The zero-order valence-corrected chi connectivity index (χ0v) is 16.6. The van der Waals surface area contributed by atoms with Crippen molar-refractivity contribution in [1.29, 1.82) is 0 Å². The van der Waals surface area contributed by atoms with Gasteiger partial charge in [-0.2, -0.15) is 0 Å². The fourth-order valence-electron chi connectivity index (χ4n) is 3.74. The van der Waals surface area contributed by atoms with Crippen LogP contribution >= 0.6 is 0 Å². The highest BCUT2D eigenvalue weighted by Crippen LogP contribution is 2.25. The molecule has 0 radical (unpaired) electrons. The number of benzene rings is 2. The molecule has 0 aromatic heterocycles. The fraction of sp³-hybridized carbons (Fsp3) is 0.318. The van der Waals surface area contributed by atoms with Gasteiger partial charge in [0.05, 0.1) is 11.1 Å². The van der Waals surface area contributed by atoms with E-state index in [-0.39, 0.29) is 0 Å². The average Bonchev–Trinajstić information content (AvgIpc) is 2.99. The number of imide groups is 1. The summed E-state index contributed by atoms with van der Waals surface area (Å²) in [5.41, 5.74) is 2.43. The van der Waals surface area contributed by atoms with E-state index in [2.05, 4.69) is 22.2 Å². The number of rotatable bonds is 4. The molecule has 0 spiro atoms. The van der Waals surface area contributed by atoms with Crippen molar-refractivity contribution < 1.29 is 14.4 Å². The van der Waals surface area contributed by atoms with Gasteiger partial charge in [-0.3, -0.25) is 19.3 Å². The van der Waals surface area contributed by atoms with E-state index in [4.69, 9.17) is 0 Å². The van der Waals surface area contributed by atoms with E-state index in [9.17, 15) is 14.4 Å². The topological polar surface area (TPSA) is 73.0 Å². The third-order valence-corrected chi connectivity index (χ3v) is 5.60. The standard InChI is InChI=1S/C22H24N4O3/c1-15(26-21(28)18-5-3-4-6-19(18)22(26)29)20(27)23-16-7-9-17(10-8-16)25-13-11-24(2)12-14-25/h3-10,15H,11-14H2,1-2H3,(H,23,27). The molecule has 29 heavy (non-hydrogen) atoms. The van der Waals surface area contributed by atoms with Gasteiger partial charge in [0.25, 0.3) is 11.8 Å². The zero-order valence-electron chi connectivity index (χ0n) is 16.6. The van der Waals surface area contributed by atoms with Gasteiger partial charge in [-0.15, -0.1) is 0 Å². The van der Waals surface area contributed by atoms with E-state index >= 15 is 0 Å². The lowest BCUT2D eigenvalue weighted by atomic mass is 10.1. The van der Waals surface area contributed by atoms with Crippen molar-refractivity contribution in [2.75, 3.05) is 43.4 Å². The lowest BCUT2D eigenvalue weighted by molar-refractivity contribution is -0.119. The molecule has 7 nitrogen and oxygen atoms in total. The van der Waals surface area contributed by atoms with Crippen LogP contribution < -0.4 is 10.2 Å². The number of nitrogens with one attached hydrogen (secondary N) is 1. The van der Waals surface area contributed by atoms with Crippen LogP contribution in [0.4, 0.5) is 11.4 Å². The lowest BCUT2D eigenvalue weighted by Crippen LogP contribution is -2.45. The number of piperazine rings is 1. The van der Waals surface area contributed by atoms with Crippen molar-refractivity contribution in [3.8, 4) is 0 Å². The Labute approximate surface area is 169 Å². The van der Waals surface area contributed by atoms with Gasteiger partial charge in [0.1, 0.15) is 6.04 Å². The zero-order chi connectivity index (χ0) is 20.5. The maximum atomic E-state index is 12.7. The predicted octanol–water partition coefficient (Wildman–Crippen LogP) is 2.06. The van der Waals surface area contributed by atoms with Crippen LogP contribution in [-0.2, 0) is 4.79 Å². The molecule has 4 rings (SSSR count). The minimum atomic E-state index is -0.903. The molecule has 1 N–H and O–H groups in total. The maximum absolute atomic E-state index is 12.7. The smallest absolute Gasteiger partial charge is 0.262 e. The molecule has 2 aromatic carbocycles. The van der Waals surface area contributed by atoms with Crippen LogP contribution in [0.5, 0.6) is 0 Å². The molecule has 2 aliphatic heterocycles. The van der Waals surface area contributed by atoms with E-state index in [0.717, 1.165) is 36.8 Å². The number of carbonyl (C=O) groups excluding carboxylic acids is 3. The largest absolute Gasteiger partial charge is 0.369 e. The second-order valence-corrected chi connectivity index (χ2v) is 7.53. The molecular weight excluding hydrogens is 368 g/mol. The molecule has 2 aliphatic rings. The summed E-state index contributed by atoms with van der Waals surface area (Å²) in [7, 11) is 2.12. The number of hydrogen-bond donors (Lipinski definition) is 1. The second-order valence-electron chi connectivity index (χ2n) is 7.53.